The van der Waals surface area contributed by atoms with Gasteiger partial charge in [-0.3, -0.25) is 4.79 Å². The Bertz CT molecular complexity index is 761. The number of fused-ring (bicyclic) bond motifs is 1. The Hall–Kier alpha value is -1.79. The van der Waals surface area contributed by atoms with Crippen LogP contribution in [0.3, 0.4) is 0 Å². The standard InChI is InChI=1S/C16H16N2O2S2/c1-11-7-8-12(20-11)9-18(2)15(19)10-21-16-17-13-5-3-4-6-14(13)22-16/h3-8H,9-10H2,1-2H3. The maximum absolute atomic E-state index is 12.2. The second-order valence-corrected chi connectivity index (χ2v) is 7.25. The van der Waals surface area contributed by atoms with Crippen molar-refractivity contribution < 1.29 is 9.21 Å². The van der Waals surface area contributed by atoms with Crippen molar-refractivity contribution in [2.45, 2.75) is 17.8 Å². The van der Waals surface area contributed by atoms with Gasteiger partial charge in [-0.05, 0) is 31.2 Å². The van der Waals surface area contributed by atoms with Gasteiger partial charge in [0.1, 0.15) is 11.5 Å². The first-order valence-corrected chi connectivity index (χ1v) is 8.69. The predicted octanol–water partition coefficient (Wildman–Crippen LogP) is 3.95. The number of hydrogen-bond acceptors (Lipinski definition) is 5. The van der Waals surface area contributed by atoms with Crippen LogP contribution in [0, 0.1) is 6.92 Å². The van der Waals surface area contributed by atoms with Crippen LogP contribution in [0.1, 0.15) is 11.5 Å². The first kappa shape index (κ1) is 15.1. The highest BCUT2D eigenvalue weighted by Gasteiger charge is 2.13. The Balaban J connectivity index is 1.57. The lowest BCUT2D eigenvalue weighted by molar-refractivity contribution is -0.127. The van der Waals surface area contributed by atoms with E-state index in [-0.39, 0.29) is 5.91 Å². The summed E-state index contributed by atoms with van der Waals surface area (Å²) < 4.78 is 7.57. The minimum atomic E-state index is 0.0679. The van der Waals surface area contributed by atoms with Crippen LogP contribution in [0.15, 0.2) is 45.2 Å². The minimum Gasteiger partial charge on any atom is -0.464 e. The average molecular weight is 332 g/mol. The quantitative estimate of drug-likeness (QED) is 0.664. The van der Waals surface area contributed by atoms with Gasteiger partial charge >= 0.3 is 0 Å². The Morgan fingerprint density at radius 3 is 2.86 bits per heavy atom. The zero-order chi connectivity index (χ0) is 15.5. The SMILES string of the molecule is Cc1ccc(CN(C)C(=O)CSc2nc3ccccc3s2)o1. The summed E-state index contributed by atoms with van der Waals surface area (Å²) in [4.78, 5) is 18.4. The molecule has 0 spiro atoms. The van der Waals surface area contributed by atoms with Gasteiger partial charge in [0.15, 0.2) is 4.34 Å². The minimum absolute atomic E-state index is 0.0679. The van der Waals surface area contributed by atoms with Crippen LogP contribution in [0.25, 0.3) is 10.2 Å². The Kier molecular flexibility index (Phi) is 4.49. The molecule has 0 aliphatic carbocycles. The number of rotatable bonds is 5. The van der Waals surface area contributed by atoms with Crippen LogP contribution >= 0.6 is 23.1 Å². The van der Waals surface area contributed by atoms with Crippen LogP contribution < -0.4 is 0 Å². The first-order chi connectivity index (χ1) is 10.6. The molecule has 4 nitrogen and oxygen atoms in total. The fourth-order valence-electron chi connectivity index (χ4n) is 2.04. The van der Waals surface area contributed by atoms with Crippen molar-refractivity contribution in [3.8, 4) is 0 Å². The summed E-state index contributed by atoms with van der Waals surface area (Å²) in [5.41, 5.74) is 0.988. The molecule has 0 aliphatic rings. The summed E-state index contributed by atoms with van der Waals surface area (Å²) >= 11 is 3.10. The molecular formula is C16H16N2O2S2. The van der Waals surface area contributed by atoms with E-state index in [0.717, 1.165) is 26.1 Å². The topological polar surface area (TPSA) is 46.3 Å². The van der Waals surface area contributed by atoms with Crippen LogP contribution in [0.5, 0.6) is 0 Å². The van der Waals surface area contributed by atoms with E-state index in [1.807, 2.05) is 43.3 Å². The zero-order valence-electron chi connectivity index (χ0n) is 12.4. The summed E-state index contributed by atoms with van der Waals surface area (Å²) in [6.07, 6.45) is 0. The summed E-state index contributed by atoms with van der Waals surface area (Å²) in [6.45, 7) is 2.39. The first-order valence-electron chi connectivity index (χ1n) is 6.89. The van der Waals surface area contributed by atoms with Crippen molar-refractivity contribution in [2.24, 2.45) is 0 Å². The number of aryl methyl sites for hydroxylation is 1. The van der Waals surface area contributed by atoms with Crippen molar-refractivity contribution in [3.05, 3.63) is 47.9 Å². The highest BCUT2D eigenvalue weighted by molar-refractivity contribution is 8.01. The van der Waals surface area contributed by atoms with E-state index in [4.69, 9.17) is 4.42 Å². The molecule has 2 aromatic heterocycles. The molecule has 6 heteroatoms. The molecule has 0 unspecified atom stereocenters. The molecule has 114 valence electrons. The predicted molar refractivity (Wildman–Crippen MR) is 90.3 cm³/mol. The normalized spacial score (nSPS) is 11.0. The second-order valence-electron chi connectivity index (χ2n) is 5.00. The van der Waals surface area contributed by atoms with E-state index in [0.29, 0.717) is 12.3 Å². The van der Waals surface area contributed by atoms with Crippen molar-refractivity contribution in [1.82, 2.24) is 9.88 Å². The van der Waals surface area contributed by atoms with Gasteiger partial charge in [0.25, 0.3) is 0 Å². The second kappa shape index (κ2) is 6.54. The Labute approximate surface area is 137 Å². The molecule has 0 aliphatic heterocycles. The van der Waals surface area contributed by atoms with E-state index in [1.165, 1.54) is 11.8 Å². The fraction of sp³-hybridized carbons (Fsp3) is 0.250. The van der Waals surface area contributed by atoms with Gasteiger partial charge < -0.3 is 9.32 Å². The van der Waals surface area contributed by atoms with Crippen LogP contribution in [-0.2, 0) is 11.3 Å². The Morgan fingerprint density at radius 1 is 1.32 bits per heavy atom. The number of furan rings is 1. The monoisotopic (exact) mass is 332 g/mol. The van der Waals surface area contributed by atoms with Gasteiger partial charge in [-0.15, -0.1) is 11.3 Å². The number of nitrogens with zero attached hydrogens (tertiary/aromatic N) is 2. The number of para-hydroxylation sites is 1. The molecule has 2 heterocycles. The smallest absolute Gasteiger partial charge is 0.233 e. The lowest BCUT2D eigenvalue weighted by atomic mass is 10.3. The average Bonchev–Trinajstić information content (AvgIpc) is 3.10. The number of aromatic nitrogens is 1. The highest BCUT2D eigenvalue weighted by atomic mass is 32.2. The molecule has 22 heavy (non-hydrogen) atoms. The fourth-order valence-corrected chi connectivity index (χ4v) is 4.05. The molecule has 0 N–H and O–H groups in total. The van der Waals surface area contributed by atoms with Gasteiger partial charge in [-0.2, -0.15) is 0 Å². The van der Waals surface area contributed by atoms with Crippen LogP contribution in [-0.4, -0.2) is 28.6 Å². The van der Waals surface area contributed by atoms with E-state index in [9.17, 15) is 4.79 Å². The lowest BCUT2D eigenvalue weighted by Crippen LogP contribution is -2.27. The van der Waals surface area contributed by atoms with Gasteiger partial charge in [0.2, 0.25) is 5.91 Å². The summed E-state index contributed by atoms with van der Waals surface area (Å²) in [5.74, 6) is 2.12. The maximum atomic E-state index is 12.2. The molecule has 0 saturated carbocycles. The summed E-state index contributed by atoms with van der Waals surface area (Å²) in [5, 5.41) is 0. The number of hydrogen-bond donors (Lipinski definition) is 0. The molecule has 0 bridgehead atoms. The van der Waals surface area contributed by atoms with Gasteiger partial charge in [0, 0.05) is 7.05 Å². The highest BCUT2D eigenvalue weighted by Crippen LogP contribution is 2.29. The van der Waals surface area contributed by atoms with Gasteiger partial charge in [-0.1, -0.05) is 23.9 Å². The zero-order valence-corrected chi connectivity index (χ0v) is 14.0. The van der Waals surface area contributed by atoms with Crippen molar-refractivity contribution in [3.63, 3.8) is 0 Å². The third-order valence-electron chi connectivity index (χ3n) is 3.21. The largest absolute Gasteiger partial charge is 0.464 e. The van der Waals surface area contributed by atoms with Crippen molar-refractivity contribution in [1.29, 1.82) is 0 Å². The molecule has 1 aromatic carbocycles. The maximum Gasteiger partial charge on any atom is 0.233 e. The van der Waals surface area contributed by atoms with Crippen molar-refractivity contribution in [2.75, 3.05) is 12.8 Å². The molecule has 0 atom stereocenters. The number of thioether (sulfide) groups is 1. The summed E-state index contributed by atoms with van der Waals surface area (Å²) in [7, 11) is 1.79. The van der Waals surface area contributed by atoms with E-state index in [2.05, 4.69) is 4.98 Å². The molecule has 3 aromatic rings. The van der Waals surface area contributed by atoms with E-state index in [1.54, 1.807) is 23.3 Å². The molecule has 0 saturated heterocycles. The number of carbonyl (C=O) groups is 1. The van der Waals surface area contributed by atoms with Crippen molar-refractivity contribution >= 4 is 39.2 Å². The molecule has 0 fully saturated rings. The molecule has 3 rings (SSSR count). The third kappa shape index (κ3) is 3.51. The van der Waals surface area contributed by atoms with Gasteiger partial charge in [0.05, 0.1) is 22.5 Å². The number of amides is 1. The molecule has 1 amide bonds. The van der Waals surface area contributed by atoms with Crippen LogP contribution in [0.4, 0.5) is 0 Å². The molecular weight excluding hydrogens is 316 g/mol. The van der Waals surface area contributed by atoms with Crippen LogP contribution in [0.2, 0.25) is 0 Å². The third-order valence-corrected chi connectivity index (χ3v) is 5.37. The molecule has 0 radical (unpaired) electrons. The van der Waals surface area contributed by atoms with E-state index < -0.39 is 0 Å². The number of carbonyl (C=O) groups excluding carboxylic acids is 1. The summed E-state index contributed by atoms with van der Waals surface area (Å²) in [6, 6.07) is 11.8. The van der Waals surface area contributed by atoms with Gasteiger partial charge in [-0.25, -0.2) is 4.98 Å². The van der Waals surface area contributed by atoms with E-state index >= 15 is 0 Å². The number of benzene rings is 1. The Morgan fingerprint density at radius 2 is 2.14 bits per heavy atom. The lowest BCUT2D eigenvalue weighted by Gasteiger charge is -2.14. The number of thiazole rings is 1.